The molecule has 3 heterocycles. The molecule has 0 unspecified atom stereocenters. The fourth-order valence-corrected chi connectivity index (χ4v) is 4.00. The standard InChI is InChI=1S/C20H21ClN4O2/c1-24-17-11-22-7-5-16(17)23-20(24)14-6-8-25(12-14)19(26)10-13-3-4-18(27-2)15(21)9-13/h3-5,7,9,11,14H,6,8,10,12H2,1-2H3/t14-/m0/s1. The molecule has 140 valence electrons. The molecule has 1 aliphatic heterocycles. The zero-order valence-electron chi connectivity index (χ0n) is 15.4. The number of benzene rings is 1. The first-order valence-corrected chi connectivity index (χ1v) is 9.31. The minimum Gasteiger partial charge on any atom is -0.495 e. The Morgan fingerprint density at radius 1 is 1.37 bits per heavy atom. The molecule has 1 amide bonds. The van der Waals surface area contributed by atoms with E-state index in [-0.39, 0.29) is 11.8 Å². The van der Waals surface area contributed by atoms with Crippen molar-refractivity contribution < 1.29 is 9.53 Å². The lowest BCUT2D eigenvalue weighted by atomic mass is 10.1. The van der Waals surface area contributed by atoms with Crippen LogP contribution in [0.3, 0.4) is 0 Å². The zero-order chi connectivity index (χ0) is 19.0. The third-order valence-electron chi connectivity index (χ3n) is 5.20. The SMILES string of the molecule is COc1ccc(CC(=O)N2CC[C@H](c3nc4ccncc4n3C)C2)cc1Cl. The summed E-state index contributed by atoms with van der Waals surface area (Å²) >= 11 is 6.17. The lowest BCUT2D eigenvalue weighted by Crippen LogP contribution is -2.30. The number of rotatable bonds is 4. The highest BCUT2D eigenvalue weighted by Gasteiger charge is 2.30. The number of likely N-dealkylation sites (tertiary alicyclic amines) is 1. The monoisotopic (exact) mass is 384 g/mol. The maximum absolute atomic E-state index is 12.7. The summed E-state index contributed by atoms with van der Waals surface area (Å²) in [5.41, 5.74) is 2.85. The molecule has 1 fully saturated rings. The van der Waals surface area contributed by atoms with Crippen molar-refractivity contribution in [2.45, 2.75) is 18.8 Å². The van der Waals surface area contributed by atoms with E-state index in [0.717, 1.165) is 35.4 Å². The van der Waals surface area contributed by atoms with E-state index in [2.05, 4.69) is 9.55 Å². The number of aryl methyl sites for hydroxylation is 1. The molecule has 6 nitrogen and oxygen atoms in total. The van der Waals surface area contributed by atoms with Gasteiger partial charge in [-0.2, -0.15) is 0 Å². The van der Waals surface area contributed by atoms with Gasteiger partial charge in [0.15, 0.2) is 0 Å². The Labute approximate surface area is 162 Å². The van der Waals surface area contributed by atoms with E-state index in [9.17, 15) is 4.79 Å². The summed E-state index contributed by atoms with van der Waals surface area (Å²) in [6.07, 6.45) is 4.84. The van der Waals surface area contributed by atoms with Crippen LogP contribution in [0.15, 0.2) is 36.7 Å². The molecule has 1 aliphatic rings. The molecular weight excluding hydrogens is 364 g/mol. The maximum Gasteiger partial charge on any atom is 0.227 e. The molecule has 3 aromatic rings. The van der Waals surface area contributed by atoms with Crippen LogP contribution in [0.1, 0.15) is 23.7 Å². The van der Waals surface area contributed by atoms with Crippen LogP contribution >= 0.6 is 11.6 Å². The van der Waals surface area contributed by atoms with Crippen LogP contribution in [0.5, 0.6) is 5.75 Å². The number of methoxy groups -OCH3 is 1. The fourth-order valence-electron chi connectivity index (χ4n) is 3.72. The number of hydrogen-bond donors (Lipinski definition) is 0. The van der Waals surface area contributed by atoms with Crippen LogP contribution in [0.25, 0.3) is 11.0 Å². The van der Waals surface area contributed by atoms with Gasteiger partial charge in [0, 0.05) is 32.3 Å². The number of ether oxygens (including phenoxy) is 1. The first-order valence-electron chi connectivity index (χ1n) is 8.93. The molecule has 4 rings (SSSR count). The third-order valence-corrected chi connectivity index (χ3v) is 5.49. The van der Waals surface area contributed by atoms with Crippen LogP contribution in [-0.4, -0.2) is 45.5 Å². The number of amides is 1. The van der Waals surface area contributed by atoms with Gasteiger partial charge in [0.2, 0.25) is 5.91 Å². The van der Waals surface area contributed by atoms with E-state index in [1.54, 1.807) is 25.4 Å². The number of nitrogens with zero attached hydrogens (tertiary/aromatic N) is 4. The average molecular weight is 385 g/mol. The van der Waals surface area contributed by atoms with E-state index in [1.807, 2.05) is 30.3 Å². The summed E-state index contributed by atoms with van der Waals surface area (Å²) in [7, 11) is 3.59. The van der Waals surface area contributed by atoms with E-state index < -0.39 is 0 Å². The molecule has 7 heteroatoms. The summed E-state index contributed by atoms with van der Waals surface area (Å²) in [6.45, 7) is 1.43. The average Bonchev–Trinajstić information content (AvgIpc) is 3.27. The van der Waals surface area contributed by atoms with Gasteiger partial charge in [0.25, 0.3) is 0 Å². The minimum atomic E-state index is 0.110. The first-order chi connectivity index (χ1) is 13.1. The van der Waals surface area contributed by atoms with Gasteiger partial charge in [-0.25, -0.2) is 4.98 Å². The largest absolute Gasteiger partial charge is 0.495 e. The zero-order valence-corrected chi connectivity index (χ0v) is 16.1. The van der Waals surface area contributed by atoms with Gasteiger partial charge in [-0.05, 0) is 30.2 Å². The highest BCUT2D eigenvalue weighted by atomic mass is 35.5. The molecular formula is C20H21ClN4O2. The van der Waals surface area contributed by atoms with Crippen LogP contribution in [-0.2, 0) is 18.3 Å². The normalized spacial score (nSPS) is 16.9. The molecule has 27 heavy (non-hydrogen) atoms. The lowest BCUT2D eigenvalue weighted by Gasteiger charge is -2.17. The Morgan fingerprint density at radius 2 is 2.22 bits per heavy atom. The Balaban J connectivity index is 1.46. The van der Waals surface area contributed by atoms with Crippen LogP contribution in [0, 0.1) is 0 Å². The topological polar surface area (TPSA) is 60.2 Å². The molecule has 1 atom stereocenters. The summed E-state index contributed by atoms with van der Waals surface area (Å²) in [4.78, 5) is 23.6. The number of pyridine rings is 1. The van der Waals surface area contributed by atoms with Gasteiger partial charge in [0.1, 0.15) is 11.6 Å². The summed E-state index contributed by atoms with van der Waals surface area (Å²) < 4.78 is 7.25. The van der Waals surface area contributed by atoms with Gasteiger partial charge in [-0.3, -0.25) is 9.78 Å². The van der Waals surface area contributed by atoms with E-state index in [1.165, 1.54) is 0 Å². The predicted molar refractivity (Wildman–Crippen MR) is 104 cm³/mol. The fraction of sp³-hybridized carbons (Fsp3) is 0.350. The summed E-state index contributed by atoms with van der Waals surface area (Å²) in [6, 6.07) is 7.40. The molecule has 1 saturated heterocycles. The van der Waals surface area contributed by atoms with Crippen molar-refractivity contribution in [2.75, 3.05) is 20.2 Å². The van der Waals surface area contributed by atoms with Gasteiger partial charge >= 0.3 is 0 Å². The van der Waals surface area contributed by atoms with Crippen LogP contribution in [0.2, 0.25) is 5.02 Å². The Morgan fingerprint density at radius 3 is 2.96 bits per heavy atom. The summed E-state index contributed by atoms with van der Waals surface area (Å²) in [5, 5.41) is 0.524. The molecule has 0 aliphatic carbocycles. The molecule has 1 aromatic carbocycles. The van der Waals surface area contributed by atoms with Gasteiger partial charge in [-0.1, -0.05) is 17.7 Å². The van der Waals surface area contributed by atoms with Crippen molar-refractivity contribution in [1.29, 1.82) is 0 Å². The van der Waals surface area contributed by atoms with E-state index in [0.29, 0.717) is 23.7 Å². The van der Waals surface area contributed by atoms with Gasteiger partial charge in [-0.15, -0.1) is 0 Å². The number of carbonyl (C=O) groups is 1. The molecule has 0 bridgehead atoms. The van der Waals surface area contributed by atoms with Crippen molar-refractivity contribution in [2.24, 2.45) is 7.05 Å². The number of hydrogen-bond acceptors (Lipinski definition) is 4. The highest BCUT2D eigenvalue weighted by molar-refractivity contribution is 6.32. The molecule has 2 aromatic heterocycles. The van der Waals surface area contributed by atoms with E-state index >= 15 is 0 Å². The molecule has 0 N–H and O–H groups in total. The van der Waals surface area contributed by atoms with Gasteiger partial charge in [0.05, 0.1) is 35.8 Å². The first kappa shape index (κ1) is 17.8. The smallest absolute Gasteiger partial charge is 0.227 e. The van der Waals surface area contributed by atoms with Crippen molar-refractivity contribution in [3.63, 3.8) is 0 Å². The van der Waals surface area contributed by atoms with Crippen molar-refractivity contribution in [1.82, 2.24) is 19.4 Å². The summed E-state index contributed by atoms with van der Waals surface area (Å²) in [5.74, 6) is 1.98. The second-order valence-corrected chi connectivity index (χ2v) is 7.27. The number of imidazole rings is 1. The van der Waals surface area contributed by atoms with Crippen LogP contribution < -0.4 is 4.74 Å². The van der Waals surface area contributed by atoms with E-state index in [4.69, 9.17) is 21.3 Å². The molecule has 0 saturated carbocycles. The van der Waals surface area contributed by atoms with Crippen LogP contribution in [0.4, 0.5) is 0 Å². The van der Waals surface area contributed by atoms with Crippen molar-refractivity contribution >= 4 is 28.5 Å². The number of carbonyl (C=O) groups excluding carboxylic acids is 1. The molecule has 0 radical (unpaired) electrons. The lowest BCUT2D eigenvalue weighted by molar-refractivity contribution is -0.129. The maximum atomic E-state index is 12.7. The second kappa shape index (κ2) is 7.19. The highest BCUT2D eigenvalue weighted by Crippen LogP contribution is 2.30. The number of aromatic nitrogens is 3. The molecule has 0 spiro atoms. The predicted octanol–water partition coefficient (Wildman–Crippen LogP) is 3.19. The Kier molecular flexibility index (Phi) is 4.74. The quantitative estimate of drug-likeness (QED) is 0.693. The number of halogens is 1. The second-order valence-electron chi connectivity index (χ2n) is 6.86. The number of fused-ring (bicyclic) bond motifs is 1. The Bertz CT molecular complexity index is 1000. The van der Waals surface area contributed by atoms with Crippen molar-refractivity contribution in [3.8, 4) is 5.75 Å². The Hall–Kier alpha value is -2.60. The minimum absolute atomic E-state index is 0.110. The third kappa shape index (κ3) is 3.37. The van der Waals surface area contributed by atoms with Crippen molar-refractivity contribution in [3.05, 3.63) is 53.1 Å². The van der Waals surface area contributed by atoms with Gasteiger partial charge < -0.3 is 14.2 Å².